The van der Waals surface area contributed by atoms with Crippen molar-refractivity contribution < 1.29 is 56.2 Å². The zero-order valence-corrected chi connectivity index (χ0v) is 37.6. The van der Waals surface area contributed by atoms with E-state index in [4.69, 9.17) is 19.9 Å². The average molecular weight is 880 g/mol. The highest BCUT2D eigenvalue weighted by Crippen LogP contribution is 2.35. The van der Waals surface area contributed by atoms with Crippen LogP contribution in [0.1, 0.15) is 105 Å². The van der Waals surface area contributed by atoms with Crippen LogP contribution in [0.4, 0.5) is 0 Å². The summed E-state index contributed by atoms with van der Waals surface area (Å²) >= 11 is 0. The second kappa shape index (κ2) is 22.3. The highest BCUT2D eigenvalue weighted by Gasteiger charge is 2.46. The third-order valence-corrected chi connectivity index (χ3v) is 11.2. The van der Waals surface area contributed by atoms with Crippen LogP contribution in [0.15, 0.2) is 18.2 Å². The molecule has 2 fully saturated rings. The lowest BCUT2D eigenvalue weighted by Crippen LogP contribution is -2.60. The van der Waals surface area contributed by atoms with Crippen LogP contribution in [-0.2, 0) is 48.3 Å². The number of ketones is 1. The number of sulfonamides is 1. The van der Waals surface area contributed by atoms with Gasteiger partial charge in [-0.2, -0.15) is 0 Å². The Hall–Kier alpha value is -4.82. The molecule has 1 saturated heterocycles. The van der Waals surface area contributed by atoms with Crippen LogP contribution in [0, 0.1) is 11.8 Å². The summed E-state index contributed by atoms with van der Waals surface area (Å²) in [5.41, 5.74) is 5.12. The third kappa shape index (κ3) is 14.7. The molecule has 0 bridgehead atoms. The number of nitrogens with two attached hydrogens (primary N) is 1. The van der Waals surface area contributed by atoms with E-state index in [1.807, 2.05) is 20.8 Å². The molecule has 1 heterocycles. The summed E-state index contributed by atoms with van der Waals surface area (Å²) in [5, 5.41) is 10.2. The molecule has 6 atom stereocenters. The molecule has 342 valence electrons. The molecule has 0 radical (unpaired) electrons. The van der Waals surface area contributed by atoms with E-state index in [0.717, 1.165) is 25.5 Å². The van der Waals surface area contributed by atoms with Crippen LogP contribution >= 0.6 is 0 Å². The number of nitrogens with zero attached hydrogens (tertiary/aromatic N) is 1. The normalized spacial score (nSPS) is 19.2. The lowest BCUT2D eigenvalue weighted by molar-refractivity contribution is -0.145. The topological polar surface area (TPSA) is 271 Å². The standard InChI is InChI=1S/C41H65N7O12S/c1-10-15-27(34(50)39(54)43-21-30(49)45-33(36(42)51)26-18-14-19-29(58-7)35(26)59-8)44-37(52)28-20-25(60-41(4,5)6)22-48(28)40(55)32(24-16-12-11-13-17-24)46-38(53)31(23(2)3)47-61(9,56)57/h14,18-19,23-25,27-28,31-33,47H,10-13,15-17,20-22H2,1-9H3,(H2,42,51)(H,43,54)(H,44,52)(H,45,49)(H,46,53)/t25-,27?,28+,31+,32+,33?/m1/s1. The summed E-state index contributed by atoms with van der Waals surface area (Å²) in [5.74, 6) is -6.30. The van der Waals surface area contributed by atoms with Gasteiger partial charge in [0.15, 0.2) is 11.5 Å². The number of likely N-dealkylation sites (tertiary alicyclic amines) is 1. The molecular formula is C41H65N7O12S. The molecule has 7 N–H and O–H groups in total. The molecule has 0 aromatic heterocycles. The summed E-state index contributed by atoms with van der Waals surface area (Å²) < 4.78 is 43.6. The van der Waals surface area contributed by atoms with Crippen LogP contribution in [0.3, 0.4) is 0 Å². The molecular weight excluding hydrogens is 815 g/mol. The van der Waals surface area contributed by atoms with Crippen molar-refractivity contribution in [1.29, 1.82) is 0 Å². The van der Waals surface area contributed by atoms with Gasteiger partial charge in [0.2, 0.25) is 45.3 Å². The number of methoxy groups -OCH3 is 2. The predicted octanol–water partition coefficient (Wildman–Crippen LogP) is 0.740. The minimum absolute atomic E-state index is 0.0155. The Bertz CT molecular complexity index is 1860. The van der Waals surface area contributed by atoms with Gasteiger partial charge in [0, 0.05) is 18.5 Å². The van der Waals surface area contributed by atoms with Gasteiger partial charge in [-0.25, -0.2) is 13.1 Å². The molecule has 1 aromatic carbocycles. The lowest BCUT2D eigenvalue weighted by Gasteiger charge is -2.36. The molecule has 1 aliphatic heterocycles. The summed E-state index contributed by atoms with van der Waals surface area (Å²) in [7, 11) is -1.05. The Morgan fingerprint density at radius 1 is 0.951 bits per heavy atom. The SMILES string of the molecule is CCCC(NC(=O)[C@@H]1C[C@@H](OC(C)(C)C)CN1C(=O)[C@@H](NC(=O)[C@@H](NS(C)(=O)=O)C(C)C)C1CCCCC1)C(=O)C(=O)NCC(=O)NC(C(N)=O)c1cccc(OC)c1OC. The number of carbonyl (C=O) groups is 7. The minimum atomic E-state index is -3.79. The van der Waals surface area contributed by atoms with Crippen LogP contribution in [0.25, 0.3) is 0 Å². The first-order valence-corrected chi connectivity index (χ1v) is 22.6. The molecule has 6 amide bonds. The molecule has 0 spiro atoms. The first kappa shape index (κ1) is 50.5. The quantitative estimate of drug-likeness (QED) is 0.0934. The molecule has 1 aliphatic carbocycles. The summed E-state index contributed by atoms with van der Waals surface area (Å²) in [4.78, 5) is 96.0. The number of rotatable bonds is 21. The summed E-state index contributed by atoms with van der Waals surface area (Å²) in [6.45, 7) is 9.85. The number of amides is 6. The Labute approximate surface area is 358 Å². The molecule has 20 heteroatoms. The number of primary amides is 1. The van der Waals surface area contributed by atoms with E-state index in [2.05, 4.69) is 26.0 Å². The maximum Gasteiger partial charge on any atom is 0.290 e. The molecule has 1 saturated carbocycles. The number of para-hydroxylation sites is 1. The highest BCUT2D eigenvalue weighted by molar-refractivity contribution is 7.88. The Balaban J connectivity index is 1.83. The van der Waals surface area contributed by atoms with Crippen molar-refractivity contribution in [3.8, 4) is 11.5 Å². The van der Waals surface area contributed by atoms with Gasteiger partial charge >= 0.3 is 0 Å². The van der Waals surface area contributed by atoms with Gasteiger partial charge in [0.1, 0.15) is 24.2 Å². The third-order valence-electron chi connectivity index (χ3n) is 10.5. The number of Topliss-reactive ketones (excluding diaryl/α,β-unsaturated/α-hetero) is 1. The maximum atomic E-state index is 14.7. The van der Waals surface area contributed by atoms with Gasteiger partial charge in [-0.05, 0) is 57.9 Å². The molecule has 1 aromatic rings. The number of nitrogens with one attached hydrogen (secondary N) is 5. The fourth-order valence-corrected chi connectivity index (χ4v) is 8.59. The van der Waals surface area contributed by atoms with E-state index in [1.54, 1.807) is 32.9 Å². The van der Waals surface area contributed by atoms with Gasteiger partial charge in [-0.15, -0.1) is 0 Å². The number of carbonyl (C=O) groups excluding carboxylic acids is 7. The second-order valence-electron chi connectivity index (χ2n) is 17.0. The fraction of sp³-hybridized carbons (Fsp3) is 0.683. The van der Waals surface area contributed by atoms with Crippen LogP contribution < -0.4 is 41.2 Å². The first-order chi connectivity index (χ1) is 28.5. The zero-order valence-electron chi connectivity index (χ0n) is 36.8. The van der Waals surface area contributed by atoms with E-state index in [9.17, 15) is 42.0 Å². The summed E-state index contributed by atoms with van der Waals surface area (Å²) in [6, 6.07) is -1.50. The maximum absolute atomic E-state index is 14.7. The van der Waals surface area contributed by atoms with Crippen molar-refractivity contribution in [3.05, 3.63) is 23.8 Å². The average Bonchev–Trinajstić information content (AvgIpc) is 3.61. The molecule has 61 heavy (non-hydrogen) atoms. The lowest BCUT2D eigenvalue weighted by atomic mass is 9.83. The number of ether oxygens (including phenoxy) is 3. The summed E-state index contributed by atoms with van der Waals surface area (Å²) in [6.07, 6.45) is 4.60. The van der Waals surface area contributed by atoms with Gasteiger partial charge in [0.05, 0.1) is 44.8 Å². The van der Waals surface area contributed by atoms with E-state index < -0.39 is 106 Å². The van der Waals surface area contributed by atoms with Gasteiger partial charge < -0.3 is 46.1 Å². The number of hydrogen-bond acceptors (Lipinski definition) is 12. The molecule has 3 rings (SSSR count). The second-order valence-corrected chi connectivity index (χ2v) is 18.8. The van der Waals surface area contributed by atoms with Gasteiger partial charge in [0.25, 0.3) is 5.91 Å². The van der Waals surface area contributed by atoms with Crippen molar-refractivity contribution in [2.45, 2.75) is 135 Å². The fourth-order valence-electron chi connectivity index (χ4n) is 7.75. The largest absolute Gasteiger partial charge is 0.493 e. The number of benzene rings is 1. The monoisotopic (exact) mass is 879 g/mol. The van der Waals surface area contributed by atoms with E-state index in [-0.39, 0.29) is 42.4 Å². The Morgan fingerprint density at radius 3 is 2.15 bits per heavy atom. The minimum Gasteiger partial charge on any atom is -0.493 e. The van der Waals surface area contributed by atoms with Crippen molar-refractivity contribution in [2.24, 2.45) is 17.6 Å². The smallest absolute Gasteiger partial charge is 0.290 e. The van der Waals surface area contributed by atoms with Crippen molar-refractivity contribution in [3.63, 3.8) is 0 Å². The van der Waals surface area contributed by atoms with E-state index in [0.29, 0.717) is 19.3 Å². The van der Waals surface area contributed by atoms with Crippen molar-refractivity contribution >= 4 is 51.2 Å². The van der Waals surface area contributed by atoms with Gasteiger partial charge in [-0.1, -0.05) is 58.6 Å². The number of hydrogen-bond donors (Lipinski definition) is 6. The van der Waals surface area contributed by atoms with Crippen LogP contribution in [0.5, 0.6) is 11.5 Å². The zero-order chi connectivity index (χ0) is 45.8. The molecule has 2 unspecified atom stereocenters. The molecule has 2 aliphatic rings. The Kier molecular flexibility index (Phi) is 18.5. The Morgan fingerprint density at radius 2 is 1.61 bits per heavy atom. The molecule has 19 nitrogen and oxygen atoms in total. The van der Waals surface area contributed by atoms with E-state index in [1.165, 1.54) is 25.2 Å². The van der Waals surface area contributed by atoms with Crippen molar-refractivity contribution in [1.82, 2.24) is 30.9 Å². The first-order valence-electron chi connectivity index (χ1n) is 20.7. The van der Waals surface area contributed by atoms with Crippen LogP contribution in [-0.4, -0.2) is 124 Å². The predicted molar refractivity (Wildman–Crippen MR) is 224 cm³/mol. The van der Waals surface area contributed by atoms with E-state index >= 15 is 0 Å². The van der Waals surface area contributed by atoms with Crippen LogP contribution in [0.2, 0.25) is 0 Å². The highest BCUT2D eigenvalue weighted by atomic mass is 32.2. The van der Waals surface area contributed by atoms with Gasteiger partial charge in [-0.3, -0.25) is 33.6 Å². The van der Waals surface area contributed by atoms with Crippen molar-refractivity contribution in [2.75, 3.05) is 33.6 Å².